The van der Waals surface area contributed by atoms with Crippen molar-refractivity contribution in [3.8, 4) is 0 Å². The molecule has 1 aromatic heterocycles. The van der Waals surface area contributed by atoms with Gasteiger partial charge >= 0.3 is 0 Å². The van der Waals surface area contributed by atoms with Gasteiger partial charge < -0.3 is 24.9 Å². The van der Waals surface area contributed by atoms with Crippen LogP contribution in [0.3, 0.4) is 0 Å². The predicted octanol–water partition coefficient (Wildman–Crippen LogP) is 3.62. The summed E-state index contributed by atoms with van der Waals surface area (Å²) in [5, 5.41) is 5.69. The number of aromatic nitrogens is 1. The molecule has 8 heteroatoms. The van der Waals surface area contributed by atoms with Gasteiger partial charge in [-0.1, -0.05) is 36.9 Å². The third-order valence-corrected chi connectivity index (χ3v) is 8.97. The molecule has 0 radical (unpaired) electrons. The Bertz CT molecular complexity index is 1470. The molecule has 2 saturated heterocycles. The normalized spacial score (nSPS) is 19.4. The highest BCUT2D eigenvalue weighted by Gasteiger charge is 2.29. The van der Waals surface area contributed by atoms with Crippen molar-refractivity contribution in [2.75, 3.05) is 69.2 Å². The summed E-state index contributed by atoms with van der Waals surface area (Å²) in [5.41, 5.74) is 6.22. The van der Waals surface area contributed by atoms with Crippen LogP contribution in [0.2, 0.25) is 0 Å². The Morgan fingerprint density at radius 2 is 1.80 bits per heavy atom. The van der Waals surface area contributed by atoms with Crippen LogP contribution in [0, 0.1) is 12.8 Å². The smallest absolute Gasteiger partial charge is 0.269 e. The molecule has 1 atom stereocenters. The third kappa shape index (κ3) is 5.53. The van der Waals surface area contributed by atoms with E-state index in [9.17, 15) is 9.59 Å². The van der Waals surface area contributed by atoms with Crippen molar-refractivity contribution in [1.29, 1.82) is 0 Å². The molecule has 3 aromatic rings. The molecule has 2 aromatic carbocycles. The summed E-state index contributed by atoms with van der Waals surface area (Å²) in [7, 11) is 2.13. The topological polar surface area (TPSA) is 72.0 Å². The van der Waals surface area contributed by atoms with Gasteiger partial charge in [0.1, 0.15) is 5.69 Å². The second-order valence-corrected chi connectivity index (χ2v) is 11.7. The molecular formula is C33H40N6O2. The predicted molar refractivity (Wildman–Crippen MR) is 165 cm³/mol. The van der Waals surface area contributed by atoms with E-state index in [0.29, 0.717) is 37.8 Å². The van der Waals surface area contributed by atoms with Crippen molar-refractivity contribution in [1.82, 2.24) is 20.1 Å². The molecule has 4 heterocycles. The van der Waals surface area contributed by atoms with E-state index in [-0.39, 0.29) is 11.8 Å². The van der Waals surface area contributed by atoms with Crippen LogP contribution in [0.5, 0.6) is 0 Å². The molecule has 0 saturated carbocycles. The molecule has 3 aliphatic heterocycles. The molecule has 6 rings (SSSR count). The lowest BCUT2D eigenvalue weighted by molar-refractivity contribution is -0.126. The Kier molecular flexibility index (Phi) is 7.67. The minimum atomic E-state index is -0.109. The fourth-order valence-corrected chi connectivity index (χ4v) is 6.71. The van der Waals surface area contributed by atoms with Crippen LogP contribution < -0.4 is 15.1 Å². The Morgan fingerprint density at radius 3 is 2.54 bits per heavy atom. The quantitative estimate of drug-likeness (QED) is 0.471. The first-order chi connectivity index (χ1) is 19.9. The van der Waals surface area contributed by atoms with Crippen molar-refractivity contribution in [3.63, 3.8) is 0 Å². The second-order valence-electron chi connectivity index (χ2n) is 11.7. The van der Waals surface area contributed by atoms with Gasteiger partial charge in [0.25, 0.3) is 5.91 Å². The van der Waals surface area contributed by atoms with Crippen LogP contribution in [-0.4, -0.2) is 86.0 Å². The van der Waals surface area contributed by atoms with Crippen LogP contribution >= 0.6 is 0 Å². The zero-order chi connectivity index (χ0) is 28.5. The van der Waals surface area contributed by atoms with E-state index < -0.39 is 0 Å². The number of hydrogen-bond donors (Lipinski definition) is 1. The van der Waals surface area contributed by atoms with Gasteiger partial charge in [-0.15, -0.1) is 0 Å². The molecule has 0 aliphatic carbocycles. The number of nitrogens with one attached hydrogen (secondary N) is 1. The lowest BCUT2D eigenvalue weighted by Gasteiger charge is -2.39. The summed E-state index contributed by atoms with van der Waals surface area (Å²) in [6.07, 6.45) is 3.34. The Hall–Kier alpha value is -3.91. The van der Waals surface area contributed by atoms with E-state index in [0.717, 1.165) is 56.9 Å². The number of anilines is 2. The van der Waals surface area contributed by atoms with Crippen LogP contribution in [0.15, 0.2) is 55.1 Å². The van der Waals surface area contributed by atoms with E-state index in [2.05, 4.69) is 77.0 Å². The zero-order valence-electron chi connectivity index (χ0n) is 24.2. The van der Waals surface area contributed by atoms with Crippen molar-refractivity contribution in [2.45, 2.75) is 26.3 Å². The highest BCUT2D eigenvalue weighted by molar-refractivity contribution is 5.97. The highest BCUT2D eigenvalue weighted by Crippen LogP contribution is 2.35. The molecule has 0 bridgehead atoms. The van der Waals surface area contributed by atoms with E-state index in [1.807, 2.05) is 11.0 Å². The number of fused-ring (bicyclic) bond motifs is 2. The molecule has 2 amide bonds. The minimum absolute atomic E-state index is 0.0277. The van der Waals surface area contributed by atoms with Crippen LogP contribution in [0.1, 0.15) is 33.7 Å². The number of nitrogens with zero attached hydrogens (tertiary/aromatic N) is 5. The average molecular weight is 553 g/mol. The van der Waals surface area contributed by atoms with Gasteiger partial charge in [-0.05, 0) is 68.4 Å². The summed E-state index contributed by atoms with van der Waals surface area (Å²) < 4.78 is 0. The minimum Gasteiger partial charge on any atom is -0.368 e. The fourth-order valence-electron chi connectivity index (χ4n) is 6.71. The summed E-state index contributed by atoms with van der Waals surface area (Å²) in [4.78, 5) is 39.5. The standard InChI is InChI=1S/C33H40N6O2/c1-4-31(40)38-17-15-37(16-18-38)30-19-27(33(41)34-20-24-11-13-36(3)21-24)35-28-22-39(14-12-26(28)30)29-10-6-9-25-8-5-7-23(2)32(25)29/h4-10,19,24H,1,11-18,20-22H2,2-3H3,(H,34,41). The molecule has 214 valence electrons. The number of piperazine rings is 1. The molecule has 1 N–H and O–H groups in total. The van der Waals surface area contributed by atoms with Crippen molar-refractivity contribution in [3.05, 3.63) is 77.6 Å². The van der Waals surface area contributed by atoms with E-state index in [1.54, 1.807) is 0 Å². The Balaban J connectivity index is 1.31. The van der Waals surface area contributed by atoms with Gasteiger partial charge in [0.05, 0.1) is 12.2 Å². The second kappa shape index (κ2) is 11.5. The van der Waals surface area contributed by atoms with E-state index in [4.69, 9.17) is 4.98 Å². The van der Waals surface area contributed by atoms with E-state index in [1.165, 1.54) is 33.7 Å². The molecule has 2 fully saturated rings. The fraction of sp³-hybridized carbons (Fsp3) is 0.424. The number of amides is 2. The maximum atomic E-state index is 13.5. The Morgan fingerprint density at radius 1 is 1.02 bits per heavy atom. The summed E-state index contributed by atoms with van der Waals surface area (Å²) >= 11 is 0. The number of aryl methyl sites for hydroxylation is 1. The maximum Gasteiger partial charge on any atom is 0.269 e. The van der Waals surface area contributed by atoms with Crippen molar-refractivity contribution in [2.24, 2.45) is 5.92 Å². The first-order valence-corrected chi connectivity index (χ1v) is 14.8. The number of carbonyl (C=O) groups excluding carboxylic acids is 2. The summed E-state index contributed by atoms with van der Waals surface area (Å²) in [6.45, 7) is 12.8. The highest BCUT2D eigenvalue weighted by atomic mass is 16.2. The lowest BCUT2D eigenvalue weighted by Crippen LogP contribution is -2.49. The van der Waals surface area contributed by atoms with Gasteiger partial charge in [-0.3, -0.25) is 9.59 Å². The number of carbonyl (C=O) groups is 2. The molecule has 0 spiro atoms. The molecule has 41 heavy (non-hydrogen) atoms. The number of pyridine rings is 1. The van der Waals surface area contributed by atoms with Crippen LogP contribution in [0.25, 0.3) is 10.8 Å². The van der Waals surface area contributed by atoms with Gasteiger partial charge in [0.15, 0.2) is 0 Å². The zero-order valence-corrected chi connectivity index (χ0v) is 24.2. The number of hydrogen-bond acceptors (Lipinski definition) is 6. The number of rotatable bonds is 6. The Labute approximate surface area is 242 Å². The van der Waals surface area contributed by atoms with Crippen LogP contribution in [-0.2, 0) is 17.8 Å². The molecule has 3 aliphatic rings. The van der Waals surface area contributed by atoms with Gasteiger partial charge in [0, 0.05) is 68.1 Å². The van der Waals surface area contributed by atoms with Crippen molar-refractivity contribution >= 4 is 34.0 Å². The van der Waals surface area contributed by atoms with Gasteiger partial charge in [-0.25, -0.2) is 4.98 Å². The largest absolute Gasteiger partial charge is 0.368 e. The number of benzene rings is 2. The summed E-state index contributed by atoms with van der Waals surface area (Å²) in [5.74, 6) is 0.337. The third-order valence-electron chi connectivity index (χ3n) is 8.97. The van der Waals surface area contributed by atoms with Gasteiger partial charge in [-0.2, -0.15) is 0 Å². The average Bonchev–Trinajstić information content (AvgIpc) is 3.43. The number of likely N-dealkylation sites (tertiary alicyclic amines) is 1. The monoisotopic (exact) mass is 552 g/mol. The maximum absolute atomic E-state index is 13.5. The van der Waals surface area contributed by atoms with Gasteiger partial charge in [0.2, 0.25) is 5.91 Å². The molecular weight excluding hydrogens is 512 g/mol. The van der Waals surface area contributed by atoms with Crippen LogP contribution in [0.4, 0.5) is 11.4 Å². The summed E-state index contributed by atoms with van der Waals surface area (Å²) in [6, 6.07) is 14.9. The van der Waals surface area contributed by atoms with Crippen molar-refractivity contribution < 1.29 is 9.59 Å². The first kappa shape index (κ1) is 27.3. The first-order valence-electron chi connectivity index (χ1n) is 14.8. The molecule has 8 nitrogen and oxygen atoms in total. The SMILES string of the molecule is C=CC(=O)N1CCN(c2cc(C(=O)NCC3CCN(C)C3)nc3c2CCN(c2cccc4cccc(C)c24)C3)CC1. The van der Waals surface area contributed by atoms with E-state index >= 15 is 0 Å². The lowest BCUT2D eigenvalue weighted by atomic mass is 9.97. The molecule has 1 unspecified atom stereocenters.